The Morgan fingerprint density at radius 2 is 2.11 bits per heavy atom. The third kappa shape index (κ3) is 4.65. The lowest BCUT2D eigenvalue weighted by Gasteiger charge is -2.35. The van der Waals surface area contributed by atoms with Crippen LogP contribution < -0.4 is 5.73 Å². The highest BCUT2D eigenvalue weighted by molar-refractivity contribution is 7.99. The molecule has 2 rings (SSSR count). The Balaban J connectivity index is 1.67. The summed E-state index contributed by atoms with van der Waals surface area (Å²) in [5.41, 5.74) is 5.76. The van der Waals surface area contributed by atoms with Crippen LogP contribution in [0.4, 0.5) is 0 Å². The molecule has 2 saturated heterocycles. The number of hydrogen-bond acceptors (Lipinski definition) is 4. The van der Waals surface area contributed by atoms with Crippen LogP contribution in [-0.4, -0.2) is 54.2 Å². The van der Waals surface area contributed by atoms with Gasteiger partial charge in [0.1, 0.15) is 0 Å². The molecule has 2 aliphatic rings. The zero-order valence-corrected chi connectivity index (χ0v) is 12.5. The lowest BCUT2D eigenvalue weighted by molar-refractivity contribution is -0.131. The normalized spacial score (nSPS) is 28.4. The highest BCUT2D eigenvalue weighted by atomic mass is 32.2. The van der Waals surface area contributed by atoms with E-state index in [0.717, 1.165) is 38.2 Å². The number of rotatable bonds is 5. The van der Waals surface area contributed by atoms with Gasteiger partial charge in [0.2, 0.25) is 5.91 Å². The Kier molecular flexibility index (Phi) is 6.47. The Labute approximate surface area is 120 Å². The molecule has 0 saturated carbocycles. The fourth-order valence-corrected chi connectivity index (χ4v) is 3.86. The molecule has 0 spiro atoms. The molecule has 0 radical (unpaired) electrons. The summed E-state index contributed by atoms with van der Waals surface area (Å²) in [7, 11) is 0. The Hall–Kier alpha value is -0.260. The second-order valence-corrected chi connectivity index (χ2v) is 6.51. The van der Waals surface area contributed by atoms with Crippen molar-refractivity contribution in [3.05, 3.63) is 0 Å². The fraction of sp³-hybridized carbons (Fsp3) is 0.929. The van der Waals surface area contributed by atoms with Gasteiger partial charge >= 0.3 is 0 Å². The zero-order chi connectivity index (χ0) is 13.5. The van der Waals surface area contributed by atoms with Gasteiger partial charge < -0.3 is 15.4 Å². The minimum absolute atomic E-state index is 0.260. The topological polar surface area (TPSA) is 55.6 Å². The van der Waals surface area contributed by atoms with E-state index in [1.807, 2.05) is 4.90 Å². The van der Waals surface area contributed by atoms with E-state index in [4.69, 9.17) is 10.5 Å². The molecule has 2 heterocycles. The second-order valence-electron chi connectivity index (χ2n) is 5.48. The third-order valence-corrected chi connectivity index (χ3v) is 5.08. The molecule has 110 valence electrons. The molecular formula is C14H26N2O2S. The second kappa shape index (κ2) is 8.12. The van der Waals surface area contributed by atoms with Crippen molar-refractivity contribution in [3.63, 3.8) is 0 Å². The Morgan fingerprint density at radius 1 is 1.26 bits per heavy atom. The first-order valence-electron chi connectivity index (χ1n) is 7.50. The number of ether oxygens (including phenoxy) is 1. The van der Waals surface area contributed by atoms with Crippen molar-refractivity contribution in [2.75, 3.05) is 31.2 Å². The average molecular weight is 286 g/mol. The molecule has 2 N–H and O–H groups in total. The van der Waals surface area contributed by atoms with Gasteiger partial charge in [-0.2, -0.15) is 0 Å². The van der Waals surface area contributed by atoms with Crippen LogP contribution >= 0.6 is 11.8 Å². The molecule has 0 aromatic rings. The smallest absolute Gasteiger partial charge is 0.232 e. The number of thioether (sulfide) groups is 1. The maximum atomic E-state index is 12.2. The first-order valence-corrected chi connectivity index (χ1v) is 8.65. The van der Waals surface area contributed by atoms with Crippen molar-refractivity contribution in [3.8, 4) is 0 Å². The lowest BCUT2D eigenvalue weighted by Crippen LogP contribution is -2.48. The van der Waals surface area contributed by atoms with Crippen molar-refractivity contribution in [1.82, 2.24) is 4.90 Å². The summed E-state index contributed by atoms with van der Waals surface area (Å²) in [5.74, 6) is 1.79. The van der Waals surface area contributed by atoms with Crippen molar-refractivity contribution in [2.45, 2.75) is 50.7 Å². The molecule has 0 aromatic carbocycles. The summed E-state index contributed by atoms with van der Waals surface area (Å²) in [6, 6.07) is 0.271. The molecule has 2 fully saturated rings. The molecule has 0 aliphatic carbocycles. The minimum atomic E-state index is 0.260. The lowest BCUT2D eigenvalue weighted by atomic mass is 10.0. The van der Waals surface area contributed by atoms with E-state index in [1.54, 1.807) is 11.8 Å². The predicted molar refractivity (Wildman–Crippen MR) is 79.3 cm³/mol. The van der Waals surface area contributed by atoms with Gasteiger partial charge in [0.15, 0.2) is 0 Å². The molecule has 2 aliphatic heterocycles. The SMILES string of the molecule is NCC1CCCCN1C(=O)CSCC1CCCCO1. The van der Waals surface area contributed by atoms with Crippen LogP contribution in [0.1, 0.15) is 38.5 Å². The summed E-state index contributed by atoms with van der Waals surface area (Å²) in [4.78, 5) is 14.2. The molecule has 1 amide bonds. The van der Waals surface area contributed by atoms with Crippen molar-refractivity contribution >= 4 is 17.7 Å². The van der Waals surface area contributed by atoms with Gasteiger partial charge in [0, 0.05) is 31.5 Å². The number of amides is 1. The van der Waals surface area contributed by atoms with E-state index in [-0.39, 0.29) is 11.9 Å². The minimum Gasteiger partial charge on any atom is -0.377 e. The summed E-state index contributed by atoms with van der Waals surface area (Å²) >= 11 is 1.72. The van der Waals surface area contributed by atoms with E-state index < -0.39 is 0 Å². The molecule has 2 atom stereocenters. The van der Waals surface area contributed by atoms with E-state index in [0.29, 0.717) is 18.4 Å². The fourth-order valence-electron chi connectivity index (χ4n) is 2.87. The van der Waals surface area contributed by atoms with Gasteiger partial charge in [-0.25, -0.2) is 0 Å². The summed E-state index contributed by atoms with van der Waals surface area (Å²) in [5, 5.41) is 0. The van der Waals surface area contributed by atoms with Crippen LogP contribution in [0.25, 0.3) is 0 Å². The van der Waals surface area contributed by atoms with E-state index in [1.165, 1.54) is 19.3 Å². The van der Waals surface area contributed by atoms with Crippen molar-refractivity contribution in [2.24, 2.45) is 5.73 Å². The monoisotopic (exact) mass is 286 g/mol. The van der Waals surface area contributed by atoms with Gasteiger partial charge in [-0.15, -0.1) is 11.8 Å². The number of piperidine rings is 1. The third-order valence-electron chi connectivity index (χ3n) is 4.02. The number of carbonyl (C=O) groups is 1. The molecule has 4 nitrogen and oxygen atoms in total. The number of carbonyl (C=O) groups excluding carboxylic acids is 1. The zero-order valence-electron chi connectivity index (χ0n) is 11.7. The Morgan fingerprint density at radius 3 is 2.84 bits per heavy atom. The van der Waals surface area contributed by atoms with E-state index in [2.05, 4.69) is 0 Å². The molecular weight excluding hydrogens is 260 g/mol. The van der Waals surface area contributed by atoms with Crippen molar-refractivity contribution in [1.29, 1.82) is 0 Å². The van der Waals surface area contributed by atoms with Crippen LogP contribution in [0, 0.1) is 0 Å². The van der Waals surface area contributed by atoms with Crippen LogP contribution in [0.2, 0.25) is 0 Å². The van der Waals surface area contributed by atoms with Gasteiger partial charge in [0.05, 0.1) is 11.9 Å². The molecule has 19 heavy (non-hydrogen) atoms. The number of hydrogen-bond donors (Lipinski definition) is 1. The van der Waals surface area contributed by atoms with Gasteiger partial charge in [-0.3, -0.25) is 4.79 Å². The standard InChI is InChI=1S/C14H26N2O2S/c15-9-12-5-1-3-7-16(12)14(17)11-19-10-13-6-2-4-8-18-13/h12-13H,1-11,15H2. The number of nitrogens with zero attached hydrogens (tertiary/aromatic N) is 1. The molecule has 0 aromatic heterocycles. The van der Waals surface area contributed by atoms with Crippen molar-refractivity contribution < 1.29 is 9.53 Å². The number of likely N-dealkylation sites (tertiary alicyclic amines) is 1. The molecule has 5 heteroatoms. The van der Waals surface area contributed by atoms with Gasteiger partial charge in [-0.1, -0.05) is 0 Å². The van der Waals surface area contributed by atoms with E-state index >= 15 is 0 Å². The van der Waals surface area contributed by atoms with Gasteiger partial charge in [0.25, 0.3) is 0 Å². The van der Waals surface area contributed by atoms with Crippen LogP contribution in [-0.2, 0) is 9.53 Å². The van der Waals surface area contributed by atoms with Crippen LogP contribution in [0.5, 0.6) is 0 Å². The first-order chi connectivity index (χ1) is 9.31. The largest absolute Gasteiger partial charge is 0.377 e. The summed E-state index contributed by atoms with van der Waals surface area (Å²) in [6.45, 7) is 2.38. The Bertz CT molecular complexity index is 283. The van der Waals surface area contributed by atoms with Crippen LogP contribution in [0.3, 0.4) is 0 Å². The first kappa shape index (κ1) is 15.1. The van der Waals surface area contributed by atoms with Gasteiger partial charge in [-0.05, 0) is 38.5 Å². The molecule has 0 bridgehead atoms. The maximum absolute atomic E-state index is 12.2. The van der Waals surface area contributed by atoms with E-state index in [9.17, 15) is 4.79 Å². The predicted octanol–water partition coefficient (Wildman–Crippen LogP) is 1.63. The summed E-state index contributed by atoms with van der Waals surface area (Å²) in [6.07, 6.45) is 7.35. The maximum Gasteiger partial charge on any atom is 0.232 e. The number of nitrogens with two attached hydrogens (primary N) is 1. The highest BCUT2D eigenvalue weighted by Crippen LogP contribution is 2.20. The molecule has 2 unspecified atom stereocenters. The quantitative estimate of drug-likeness (QED) is 0.834. The summed E-state index contributed by atoms with van der Waals surface area (Å²) < 4.78 is 5.68. The van der Waals surface area contributed by atoms with Crippen LogP contribution in [0.15, 0.2) is 0 Å². The highest BCUT2D eigenvalue weighted by Gasteiger charge is 2.25. The average Bonchev–Trinajstić information content (AvgIpc) is 2.48.